The van der Waals surface area contributed by atoms with Crippen molar-refractivity contribution in [2.24, 2.45) is 0 Å². The van der Waals surface area contributed by atoms with Crippen LogP contribution in [0.5, 0.6) is 5.75 Å². The normalized spacial score (nSPS) is 5.45. The summed E-state index contributed by atoms with van der Waals surface area (Å²) in [4.78, 5) is 0. The smallest absolute Gasteiger partial charge is 0.115 e. The van der Waals surface area contributed by atoms with Crippen molar-refractivity contribution in [1.29, 1.82) is 0 Å². The molecule has 0 radical (unpaired) electrons. The molecule has 11 heavy (non-hydrogen) atoms. The molecular weight excluding hydrogens is 242 g/mol. The fraction of sp³-hybridized carbons (Fsp3) is 0. The average Bonchev–Trinajstić information content (AvgIpc) is 1.69. The monoisotopic (exact) mass is 250 g/mol. The first-order chi connectivity index (χ1) is 3.39. The number of phenolic OH excluding ortho intramolecular Hbond substituents is 1. The molecular formula is C6H9Cl3OTi. The second-order valence-electron chi connectivity index (χ2n) is 1.34. The predicted octanol–water partition coefficient (Wildman–Crippen LogP) is 2.66. The number of aromatic hydroxyl groups is 1. The Labute approximate surface area is 99.7 Å². The topological polar surface area (TPSA) is 20.2 Å². The summed E-state index contributed by atoms with van der Waals surface area (Å²) in [5, 5.41) is 8.63. The van der Waals surface area contributed by atoms with Crippen LogP contribution in [-0.4, -0.2) is 5.11 Å². The van der Waals surface area contributed by atoms with Gasteiger partial charge >= 0.3 is 0 Å². The first-order valence-electron chi connectivity index (χ1n) is 2.13. The van der Waals surface area contributed by atoms with E-state index >= 15 is 0 Å². The fourth-order valence-electron chi connectivity index (χ4n) is 0.428. The molecule has 0 aliphatic heterocycles. The maximum Gasteiger partial charge on any atom is 0.115 e. The first-order valence-corrected chi connectivity index (χ1v) is 2.13. The average molecular weight is 251 g/mol. The van der Waals surface area contributed by atoms with Crippen molar-refractivity contribution in [3.63, 3.8) is 0 Å². The third kappa shape index (κ3) is 10.6. The Balaban J connectivity index is -0.0000000612. The minimum absolute atomic E-state index is 0. The molecule has 1 N–H and O–H groups in total. The second-order valence-corrected chi connectivity index (χ2v) is 1.34. The van der Waals surface area contributed by atoms with Crippen molar-refractivity contribution in [2.75, 3.05) is 0 Å². The number of phenols is 1. The van der Waals surface area contributed by atoms with Crippen LogP contribution in [0.1, 0.15) is 0 Å². The molecule has 1 aromatic rings. The van der Waals surface area contributed by atoms with Crippen LogP contribution in [0.3, 0.4) is 0 Å². The van der Waals surface area contributed by atoms with Gasteiger partial charge in [-0.3, -0.25) is 0 Å². The molecule has 0 aromatic heterocycles. The Kier molecular flexibility index (Phi) is 27.1. The summed E-state index contributed by atoms with van der Waals surface area (Å²) in [6.07, 6.45) is 0. The summed E-state index contributed by atoms with van der Waals surface area (Å²) in [5.74, 6) is 0.322. The van der Waals surface area contributed by atoms with Gasteiger partial charge in [-0.2, -0.15) is 0 Å². The summed E-state index contributed by atoms with van der Waals surface area (Å²) < 4.78 is 0. The molecule has 64 valence electrons. The van der Waals surface area contributed by atoms with Crippen LogP contribution in [0.25, 0.3) is 0 Å². The summed E-state index contributed by atoms with van der Waals surface area (Å²) in [6.45, 7) is 0. The third-order valence-corrected chi connectivity index (χ3v) is 0.756. The van der Waals surface area contributed by atoms with E-state index in [1.165, 1.54) is 0 Å². The molecule has 0 aliphatic rings. The van der Waals surface area contributed by atoms with Crippen molar-refractivity contribution in [2.45, 2.75) is 0 Å². The van der Waals surface area contributed by atoms with Gasteiger partial charge in [0.1, 0.15) is 5.75 Å². The summed E-state index contributed by atoms with van der Waals surface area (Å²) in [7, 11) is 0. The second kappa shape index (κ2) is 13.2. The molecule has 0 fully saturated rings. The molecule has 0 saturated heterocycles. The standard InChI is InChI=1S/C6H6O.3ClH.Ti/c7-6-4-2-1-3-5-6;;;;/h1-5,7H;3*1H;. The number of halogens is 3. The van der Waals surface area contributed by atoms with Crippen molar-refractivity contribution in [1.82, 2.24) is 0 Å². The third-order valence-electron chi connectivity index (χ3n) is 0.756. The molecule has 0 aliphatic carbocycles. The van der Waals surface area contributed by atoms with Crippen LogP contribution in [0.15, 0.2) is 30.3 Å². The molecule has 0 spiro atoms. The molecule has 0 atom stereocenters. The van der Waals surface area contributed by atoms with Gasteiger partial charge in [-0.25, -0.2) is 0 Å². The van der Waals surface area contributed by atoms with Gasteiger partial charge in [0, 0.05) is 21.7 Å². The Hall–Kier alpha value is 0.604. The van der Waals surface area contributed by atoms with Gasteiger partial charge in [0.25, 0.3) is 0 Å². The SMILES string of the molecule is Cl.Cl.Cl.Oc1ccccc1.[Ti]. The van der Waals surface area contributed by atoms with Crippen molar-refractivity contribution >= 4 is 37.2 Å². The van der Waals surface area contributed by atoms with Crippen LogP contribution in [-0.2, 0) is 21.7 Å². The van der Waals surface area contributed by atoms with Gasteiger partial charge < -0.3 is 5.11 Å². The Morgan fingerprint density at radius 2 is 1.18 bits per heavy atom. The van der Waals surface area contributed by atoms with Gasteiger partial charge in [-0.05, 0) is 12.1 Å². The number of hydrogen-bond acceptors (Lipinski definition) is 1. The van der Waals surface area contributed by atoms with Gasteiger partial charge in [0.2, 0.25) is 0 Å². The molecule has 0 saturated carbocycles. The zero-order chi connectivity index (χ0) is 5.11. The minimum atomic E-state index is 0. The van der Waals surface area contributed by atoms with Crippen LogP contribution in [0.2, 0.25) is 0 Å². The maximum absolute atomic E-state index is 8.63. The van der Waals surface area contributed by atoms with E-state index in [1.807, 2.05) is 6.07 Å². The van der Waals surface area contributed by atoms with Gasteiger partial charge in [-0.1, -0.05) is 18.2 Å². The van der Waals surface area contributed by atoms with E-state index in [4.69, 9.17) is 5.11 Å². The minimum Gasteiger partial charge on any atom is -0.508 e. The van der Waals surface area contributed by atoms with Crippen LogP contribution < -0.4 is 0 Å². The van der Waals surface area contributed by atoms with Crippen molar-refractivity contribution < 1.29 is 26.8 Å². The quantitative estimate of drug-likeness (QED) is 0.703. The number of para-hydroxylation sites is 1. The Bertz CT molecular complexity index is 148. The van der Waals surface area contributed by atoms with E-state index < -0.39 is 0 Å². The van der Waals surface area contributed by atoms with Gasteiger partial charge in [-0.15, -0.1) is 37.2 Å². The first kappa shape index (κ1) is 22.6. The summed E-state index contributed by atoms with van der Waals surface area (Å²) >= 11 is 0. The fourth-order valence-corrected chi connectivity index (χ4v) is 0.428. The molecule has 5 heteroatoms. The van der Waals surface area contributed by atoms with E-state index in [1.54, 1.807) is 24.3 Å². The van der Waals surface area contributed by atoms with Crippen molar-refractivity contribution in [3.8, 4) is 5.75 Å². The Morgan fingerprint density at radius 3 is 1.36 bits per heavy atom. The molecule has 1 rings (SSSR count). The van der Waals surface area contributed by atoms with E-state index in [9.17, 15) is 0 Å². The zero-order valence-corrected chi connectivity index (χ0v) is 9.57. The maximum atomic E-state index is 8.63. The molecule has 1 nitrogen and oxygen atoms in total. The largest absolute Gasteiger partial charge is 0.508 e. The molecule has 0 unspecified atom stereocenters. The molecule has 0 heterocycles. The number of hydrogen-bond donors (Lipinski definition) is 1. The van der Waals surface area contributed by atoms with Gasteiger partial charge in [0.05, 0.1) is 0 Å². The van der Waals surface area contributed by atoms with E-state index in [0.717, 1.165) is 0 Å². The molecule has 1 aromatic carbocycles. The molecule has 0 bridgehead atoms. The predicted molar refractivity (Wildman–Crippen MR) is 49.9 cm³/mol. The van der Waals surface area contributed by atoms with E-state index in [0.29, 0.717) is 5.75 Å². The molecule has 0 amide bonds. The number of benzene rings is 1. The van der Waals surface area contributed by atoms with Crippen LogP contribution in [0.4, 0.5) is 0 Å². The Morgan fingerprint density at radius 1 is 0.818 bits per heavy atom. The van der Waals surface area contributed by atoms with Crippen LogP contribution in [0, 0.1) is 0 Å². The summed E-state index contributed by atoms with van der Waals surface area (Å²) in [5.41, 5.74) is 0. The van der Waals surface area contributed by atoms with E-state index in [2.05, 4.69) is 0 Å². The summed E-state index contributed by atoms with van der Waals surface area (Å²) in [6, 6.07) is 8.71. The zero-order valence-electron chi connectivity index (χ0n) is 5.56. The number of rotatable bonds is 0. The van der Waals surface area contributed by atoms with Gasteiger partial charge in [0.15, 0.2) is 0 Å². The van der Waals surface area contributed by atoms with Crippen molar-refractivity contribution in [3.05, 3.63) is 30.3 Å². The van der Waals surface area contributed by atoms with Crippen LogP contribution >= 0.6 is 37.2 Å². The van der Waals surface area contributed by atoms with E-state index in [-0.39, 0.29) is 58.9 Å².